The molecule has 0 aliphatic heterocycles. The summed E-state index contributed by atoms with van der Waals surface area (Å²) in [5.74, 6) is -1.59. The van der Waals surface area contributed by atoms with Crippen LogP contribution in [0, 0.1) is 0 Å². The fourth-order valence-electron chi connectivity index (χ4n) is 2.15. The van der Waals surface area contributed by atoms with E-state index in [1.54, 1.807) is 13.8 Å². The van der Waals surface area contributed by atoms with Crippen molar-refractivity contribution in [1.82, 2.24) is 0 Å². The van der Waals surface area contributed by atoms with Crippen molar-refractivity contribution in [3.8, 4) is 0 Å². The summed E-state index contributed by atoms with van der Waals surface area (Å²) in [4.78, 5) is 32.9. The lowest BCUT2D eigenvalue weighted by Gasteiger charge is -2.21. The fraction of sp³-hybridized carbons (Fsp3) is 0.550. The van der Waals surface area contributed by atoms with E-state index in [0.29, 0.717) is 5.92 Å². The first-order valence-corrected chi connectivity index (χ1v) is 9.32. The lowest BCUT2D eigenvalue weighted by atomic mass is 9.96. The van der Waals surface area contributed by atoms with E-state index in [9.17, 15) is 14.4 Å². The summed E-state index contributed by atoms with van der Waals surface area (Å²) < 4.78 is 9.98. The molecule has 0 aromatic heterocycles. The molecule has 0 fully saturated rings. The molecule has 0 saturated carbocycles. The number of esters is 2. The summed E-state index contributed by atoms with van der Waals surface area (Å²) in [6, 6.07) is 7.35. The monoisotopic (exact) mass is 396 g/mol. The number of anilines is 1. The number of carbonyl (C=O) groups excluding carboxylic acids is 2. The van der Waals surface area contributed by atoms with Crippen molar-refractivity contribution >= 4 is 23.6 Å². The molecule has 0 bridgehead atoms. The van der Waals surface area contributed by atoms with Gasteiger partial charge in [-0.25, -0.2) is 9.59 Å². The first-order chi connectivity index (χ1) is 13.2. The summed E-state index contributed by atoms with van der Waals surface area (Å²) in [6.45, 7) is 9.19. The lowest BCUT2D eigenvalue weighted by Crippen LogP contribution is -2.34. The van der Waals surface area contributed by atoms with Gasteiger partial charge in [-0.1, -0.05) is 32.0 Å². The SMILES string of the molecule is CCOC(=O)C(C)OC(=O)[C@H](C)Nc1ccccc1C(C)CC.NCC(=O)O. The zero-order valence-electron chi connectivity index (χ0n) is 17.2. The van der Waals surface area contributed by atoms with Crippen LogP contribution in [0.3, 0.4) is 0 Å². The first kappa shape index (κ1) is 25.4. The van der Waals surface area contributed by atoms with Gasteiger partial charge in [0.15, 0.2) is 6.10 Å². The Kier molecular flexibility index (Phi) is 12.3. The average Bonchev–Trinajstić information content (AvgIpc) is 2.68. The van der Waals surface area contributed by atoms with Crippen LogP contribution in [0.2, 0.25) is 0 Å². The largest absolute Gasteiger partial charge is 0.480 e. The molecule has 3 atom stereocenters. The molecule has 8 nitrogen and oxygen atoms in total. The summed E-state index contributed by atoms with van der Waals surface area (Å²) in [7, 11) is 0. The molecular formula is C20H32N2O6. The van der Waals surface area contributed by atoms with Crippen LogP contribution in [0.15, 0.2) is 24.3 Å². The van der Waals surface area contributed by atoms with E-state index in [4.69, 9.17) is 14.6 Å². The minimum Gasteiger partial charge on any atom is -0.480 e. The Morgan fingerprint density at radius 3 is 2.18 bits per heavy atom. The van der Waals surface area contributed by atoms with Crippen molar-refractivity contribution in [2.45, 2.75) is 59.1 Å². The van der Waals surface area contributed by atoms with Crippen LogP contribution < -0.4 is 11.1 Å². The number of para-hydroxylation sites is 1. The van der Waals surface area contributed by atoms with Gasteiger partial charge >= 0.3 is 17.9 Å². The Labute approximate surface area is 166 Å². The van der Waals surface area contributed by atoms with E-state index in [2.05, 4.69) is 31.0 Å². The molecule has 0 spiro atoms. The normalized spacial score (nSPS) is 13.2. The number of carboxylic acid groups (broad SMARTS) is 1. The molecule has 1 aromatic carbocycles. The van der Waals surface area contributed by atoms with Crippen molar-refractivity contribution in [2.75, 3.05) is 18.5 Å². The van der Waals surface area contributed by atoms with E-state index in [0.717, 1.165) is 17.7 Å². The summed E-state index contributed by atoms with van der Waals surface area (Å²) >= 11 is 0. The van der Waals surface area contributed by atoms with E-state index < -0.39 is 30.1 Å². The highest BCUT2D eigenvalue weighted by molar-refractivity contribution is 5.83. The van der Waals surface area contributed by atoms with Gasteiger partial charge in [-0.3, -0.25) is 4.79 Å². The van der Waals surface area contributed by atoms with Crippen LogP contribution in [0.4, 0.5) is 5.69 Å². The number of benzene rings is 1. The molecular weight excluding hydrogens is 364 g/mol. The quantitative estimate of drug-likeness (QED) is 0.543. The highest BCUT2D eigenvalue weighted by atomic mass is 16.6. The maximum atomic E-state index is 12.1. The van der Waals surface area contributed by atoms with Crippen LogP contribution in [0.25, 0.3) is 0 Å². The molecule has 0 amide bonds. The molecule has 2 unspecified atom stereocenters. The summed E-state index contributed by atoms with van der Waals surface area (Å²) in [6.07, 6.45) is 0.105. The third-order valence-corrected chi connectivity index (χ3v) is 3.92. The van der Waals surface area contributed by atoms with E-state index in [1.165, 1.54) is 6.92 Å². The second-order valence-electron chi connectivity index (χ2n) is 6.19. The maximum absolute atomic E-state index is 12.1. The molecule has 8 heteroatoms. The van der Waals surface area contributed by atoms with Gasteiger partial charge in [0.25, 0.3) is 0 Å². The molecule has 1 aromatic rings. The van der Waals surface area contributed by atoms with Gasteiger partial charge in [0.2, 0.25) is 0 Å². The van der Waals surface area contributed by atoms with Gasteiger partial charge in [0, 0.05) is 5.69 Å². The lowest BCUT2D eigenvalue weighted by molar-refractivity contribution is -0.166. The van der Waals surface area contributed by atoms with Crippen LogP contribution in [-0.4, -0.2) is 48.3 Å². The Morgan fingerprint density at radius 2 is 1.68 bits per heavy atom. The van der Waals surface area contributed by atoms with Crippen molar-refractivity contribution in [2.24, 2.45) is 5.73 Å². The van der Waals surface area contributed by atoms with Crippen LogP contribution in [-0.2, 0) is 23.9 Å². The Morgan fingerprint density at radius 1 is 1.11 bits per heavy atom. The Hall–Kier alpha value is -2.61. The maximum Gasteiger partial charge on any atom is 0.347 e. The number of aliphatic carboxylic acids is 1. The predicted molar refractivity (Wildman–Crippen MR) is 107 cm³/mol. The van der Waals surface area contributed by atoms with Gasteiger partial charge in [-0.15, -0.1) is 0 Å². The van der Waals surface area contributed by atoms with Crippen molar-refractivity contribution in [3.63, 3.8) is 0 Å². The molecule has 158 valence electrons. The highest BCUT2D eigenvalue weighted by Crippen LogP contribution is 2.27. The summed E-state index contributed by atoms with van der Waals surface area (Å²) in [5.41, 5.74) is 6.64. The molecule has 0 radical (unpaired) electrons. The third-order valence-electron chi connectivity index (χ3n) is 3.92. The molecule has 28 heavy (non-hydrogen) atoms. The van der Waals surface area contributed by atoms with Gasteiger partial charge in [0.05, 0.1) is 13.2 Å². The number of nitrogens with one attached hydrogen (secondary N) is 1. The fourth-order valence-corrected chi connectivity index (χ4v) is 2.15. The average molecular weight is 396 g/mol. The standard InChI is InChI=1S/C18H27NO4.C2H5NO2/c1-6-12(3)15-10-8-9-11-16(15)19-13(4)17(20)23-14(5)18(21)22-7-2;3-1-2(4)5/h8-14,19H,6-7H2,1-5H3;1,3H2,(H,4,5)/t12?,13-,14?;/m0./s1. The third kappa shape index (κ3) is 9.36. The first-order valence-electron chi connectivity index (χ1n) is 9.32. The zero-order chi connectivity index (χ0) is 21.7. The van der Waals surface area contributed by atoms with Gasteiger partial charge < -0.3 is 25.6 Å². The topological polar surface area (TPSA) is 128 Å². The van der Waals surface area contributed by atoms with E-state index in [1.807, 2.05) is 18.2 Å². The van der Waals surface area contributed by atoms with Crippen LogP contribution >= 0.6 is 0 Å². The molecule has 0 saturated heterocycles. The van der Waals surface area contributed by atoms with Crippen molar-refractivity contribution in [3.05, 3.63) is 29.8 Å². The van der Waals surface area contributed by atoms with Gasteiger partial charge in [-0.05, 0) is 44.7 Å². The molecule has 0 aliphatic rings. The predicted octanol–water partition coefficient (Wildman–Crippen LogP) is 2.52. The van der Waals surface area contributed by atoms with Crippen LogP contribution in [0.5, 0.6) is 0 Å². The molecule has 1 rings (SSSR count). The Bertz CT molecular complexity index is 635. The number of carboxylic acids is 1. The number of rotatable bonds is 9. The Balaban J connectivity index is 0.00000129. The number of hydrogen-bond donors (Lipinski definition) is 3. The second-order valence-corrected chi connectivity index (χ2v) is 6.19. The number of carbonyl (C=O) groups is 3. The van der Waals surface area contributed by atoms with E-state index >= 15 is 0 Å². The van der Waals surface area contributed by atoms with Gasteiger partial charge in [-0.2, -0.15) is 0 Å². The minimum atomic E-state index is -0.968. The molecule has 0 heterocycles. The van der Waals surface area contributed by atoms with Crippen molar-refractivity contribution < 1.29 is 29.0 Å². The van der Waals surface area contributed by atoms with Gasteiger partial charge in [0.1, 0.15) is 6.04 Å². The molecule has 0 aliphatic carbocycles. The van der Waals surface area contributed by atoms with Crippen molar-refractivity contribution in [1.29, 1.82) is 0 Å². The zero-order valence-corrected chi connectivity index (χ0v) is 17.2. The number of hydrogen-bond acceptors (Lipinski definition) is 7. The van der Waals surface area contributed by atoms with Crippen LogP contribution in [0.1, 0.15) is 52.5 Å². The number of nitrogens with two attached hydrogens (primary N) is 1. The second kappa shape index (κ2) is 13.5. The summed E-state index contributed by atoms with van der Waals surface area (Å²) in [5, 5.41) is 10.8. The number of ether oxygens (including phenoxy) is 2. The minimum absolute atomic E-state index is 0.261. The molecule has 4 N–H and O–H groups in total. The van der Waals surface area contributed by atoms with E-state index in [-0.39, 0.29) is 13.2 Å². The highest BCUT2D eigenvalue weighted by Gasteiger charge is 2.23. The smallest absolute Gasteiger partial charge is 0.347 e.